The van der Waals surface area contributed by atoms with Gasteiger partial charge in [-0.2, -0.15) is 0 Å². The van der Waals surface area contributed by atoms with Crippen molar-refractivity contribution in [3.63, 3.8) is 0 Å². The third-order valence-corrected chi connectivity index (χ3v) is 4.54. The fourth-order valence-electron chi connectivity index (χ4n) is 3.20. The zero-order chi connectivity index (χ0) is 14.8. The Morgan fingerprint density at radius 2 is 1.85 bits per heavy atom. The van der Waals surface area contributed by atoms with Gasteiger partial charge >= 0.3 is 0 Å². The van der Waals surface area contributed by atoms with Crippen molar-refractivity contribution in [3.05, 3.63) is 29.3 Å². The zero-order valence-electron chi connectivity index (χ0n) is 13.7. The summed E-state index contributed by atoms with van der Waals surface area (Å²) in [4.78, 5) is 0. The maximum absolute atomic E-state index is 5.52. The fraction of sp³-hybridized carbons (Fsp3) is 0.667. The summed E-state index contributed by atoms with van der Waals surface area (Å²) < 4.78 is 5.52. The van der Waals surface area contributed by atoms with Crippen molar-refractivity contribution in [2.75, 3.05) is 13.7 Å². The molecule has 0 heterocycles. The van der Waals surface area contributed by atoms with Crippen LogP contribution < -0.4 is 10.1 Å². The van der Waals surface area contributed by atoms with Crippen molar-refractivity contribution >= 4 is 0 Å². The smallest absolute Gasteiger partial charge is 0.122 e. The summed E-state index contributed by atoms with van der Waals surface area (Å²) in [5.41, 5.74) is 3.11. The number of hydrogen-bond donors (Lipinski definition) is 1. The molecule has 0 aliphatic heterocycles. The Morgan fingerprint density at radius 1 is 1.20 bits per heavy atom. The highest BCUT2D eigenvalue weighted by Crippen LogP contribution is 2.42. The average Bonchev–Trinajstić information content (AvgIpc) is 2.86. The SMILES string of the molecule is COc1cc(C2(CNC(C)(C)C)CCCC2)ccc1C. The van der Waals surface area contributed by atoms with E-state index in [2.05, 4.69) is 51.2 Å². The van der Waals surface area contributed by atoms with Gasteiger partial charge < -0.3 is 10.1 Å². The molecule has 1 aromatic rings. The van der Waals surface area contributed by atoms with E-state index in [0.29, 0.717) is 0 Å². The average molecular weight is 275 g/mol. The number of methoxy groups -OCH3 is 1. The van der Waals surface area contributed by atoms with E-state index in [1.165, 1.54) is 36.8 Å². The van der Waals surface area contributed by atoms with Crippen molar-refractivity contribution in [1.29, 1.82) is 0 Å². The van der Waals surface area contributed by atoms with Gasteiger partial charge in [0, 0.05) is 17.5 Å². The van der Waals surface area contributed by atoms with Crippen LogP contribution in [-0.4, -0.2) is 19.2 Å². The molecular weight excluding hydrogens is 246 g/mol. The minimum absolute atomic E-state index is 0.171. The van der Waals surface area contributed by atoms with Gasteiger partial charge in [-0.1, -0.05) is 25.0 Å². The van der Waals surface area contributed by atoms with E-state index in [1.54, 1.807) is 7.11 Å². The van der Waals surface area contributed by atoms with E-state index in [0.717, 1.165) is 12.3 Å². The highest BCUT2D eigenvalue weighted by Gasteiger charge is 2.36. The number of benzene rings is 1. The summed E-state index contributed by atoms with van der Waals surface area (Å²) in [6, 6.07) is 6.75. The molecule has 20 heavy (non-hydrogen) atoms. The van der Waals surface area contributed by atoms with Gasteiger partial charge in [-0.25, -0.2) is 0 Å². The second kappa shape index (κ2) is 5.77. The van der Waals surface area contributed by atoms with Crippen LogP contribution in [0.4, 0.5) is 0 Å². The Hall–Kier alpha value is -1.02. The third kappa shape index (κ3) is 3.35. The van der Waals surface area contributed by atoms with Crippen LogP contribution in [-0.2, 0) is 5.41 Å². The van der Waals surface area contributed by atoms with Gasteiger partial charge in [-0.15, -0.1) is 0 Å². The van der Waals surface area contributed by atoms with Crippen molar-refractivity contribution in [2.45, 2.75) is 64.3 Å². The maximum atomic E-state index is 5.52. The molecule has 0 bridgehead atoms. The van der Waals surface area contributed by atoms with Crippen LogP contribution in [0.15, 0.2) is 18.2 Å². The third-order valence-electron chi connectivity index (χ3n) is 4.54. The van der Waals surface area contributed by atoms with E-state index < -0.39 is 0 Å². The Kier molecular flexibility index (Phi) is 4.43. The standard InChI is InChI=1S/C18H29NO/c1-14-8-9-15(12-16(14)20-5)18(10-6-7-11-18)13-19-17(2,3)4/h8-9,12,19H,6-7,10-11,13H2,1-5H3. The van der Waals surface area contributed by atoms with E-state index in [9.17, 15) is 0 Å². The minimum Gasteiger partial charge on any atom is -0.496 e. The summed E-state index contributed by atoms with van der Waals surface area (Å²) in [5.74, 6) is 1.02. The minimum atomic E-state index is 0.171. The summed E-state index contributed by atoms with van der Waals surface area (Å²) >= 11 is 0. The lowest BCUT2D eigenvalue weighted by Crippen LogP contribution is -2.45. The molecule has 2 nitrogen and oxygen atoms in total. The van der Waals surface area contributed by atoms with Gasteiger partial charge in [0.1, 0.15) is 5.75 Å². The molecule has 0 aromatic heterocycles. The monoisotopic (exact) mass is 275 g/mol. The van der Waals surface area contributed by atoms with Gasteiger partial charge in [0.2, 0.25) is 0 Å². The first kappa shape index (κ1) is 15.4. The van der Waals surface area contributed by atoms with Crippen LogP contribution in [0.3, 0.4) is 0 Å². The fourth-order valence-corrected chi connectivity index (χ4v) is 3.20. The first-order valence-electron chi connectivity index (χ1n) is 7.76. The molecule has 0 amide bonds. The lowest BCUT2D eigenvalue weighted by Gasteiger charge is -2.34. The van der Waals surface area contributed by atoms with E-state index in [1.807, 2.05) is 0 Å². The summed E-state index contributed by atoms with van der Waals surface area (Å²) in [7, 11) is 1.76. The largest absolute Gasteiger partial charge is 0.496 e. The summed E-state index contributed by atoms with van der Waals surface area (Å²) in [6.07, 6.45) is 5.23. The van der Waals surface area contributed by atoms with Gasteiger partial charge in [0.15, 0.2) is 0 Å². The van der Waals surface area contributed by atoms with E-state index in [-0.39, 0.29) is 11.0 Å². The quantitative estimate of drug-likeness (QED) is 0.889. The molecule has 0 atom stereocenters. The zero-order valence-corrected chi connectivity index (χ0v) is 13.7. The Morgan fingerprint density at radius 3 is 2.40 bits per heavy atom. The number of ether oxygens (including phenoxy) is 1. The van der Waals surface area contributed by atoms with E-state index >= 15 is 0 Å². The molecule has 1 aliphatic carbocycles. The highest BCUT2D eigenvalue weighted by atomic mass is 16.5. The van der Waals surface area contributed by atoms with Crippen LogP contribution >= 0.6 is 0 Å². The number of rotatable bonds is 4. The van der Waals surface area contributed by atoms with Crippen molar-refractivity contribution in [2.24, 2.45) is 0 Å². The predicted molar refractivity (Wildman–Crippen MR) is 85.6 cm³/mol. The molecule has 1 aromatic carbocycles. The molecule has 0 spiro atoms. The van der Waals surface area contributed by atoms with Gasteiger partial charge in [0.05, 0.1) is 7.11 Å². The normalized spacial score (nSPS) is 18.2. The topological polar surface area (TPSA) is 21.3 Å². The van der Waals surface area contributed by atoms with Crippen molar-refractivity contribution in [1.82, 2.24) is 5.32 Å². The first-order valence-corrected chi connectivity index (χ1v) is 7.76. The summed E-state index contributed by atoms with van der Waals surface area (Å²) in [5, 5.41) is 3.71. The van der Waals surface area contributed by atoms with Gasteiger partial charge in [-0.05, 0) is 57.7 Å². The molecule has 0 unspecified atom stereocenters. The van der Waals surface area contributed by atoms with Gasteiger partial charge in [0.25, 0.3) is 0 Å². The first-order chi connectivity index (χ1) is 9.36. The second-order valence-corrected chi connectivity index (χ2v) is 7.28. The van der Waals surface area contributed by atoms with Crippen LogP contribution in [0, 0.1) is 6.92 Å². The maximum Gasteiger partial charge on any atom is 0.122 e. The molecule has 2 heteroatoms. The Bertz CT molecular complexity index is 453. The molecule has 1 N–H and O–H groups in total. The molecule has 1 fully saturated rings. The number of aryl methyl sites for hydroxylation is 1. The molecular formula is C18H29NO. The van der Waals surface area contributed by atoms with Crippen LogP contribution in [0.1, 0.15) is 57.6 Å². The number of hydrogen-bond acceptors (Lipinski definition) is 2. The predicted octanol–water partition coefficient (Wildman–Crippen LogP) is 4.20. The second-order valence-electron chi connectivity index (χ2n) is 7.28. The van der Waals surface area contributed by atoms with Crippen molar-refractivity contribution < 1.29 is 4.74 Å². The molecule has 0 radical (unpaired) electrons. The highest BCUT2D eigenvalue weighted by molar-refractivity contribution is 5.40. The van der Waals surface area contributed by atoms with E-state index in [4.69, 9.17) is 4.74 Å². The van der Waals surface area contributed by atoms with Crippen LogP contribution in [0.5, 0.6) is 5.75 Å². The Labute approximate surface area is 123 Å². The molecule has 2 rings (SSSR count). The van der Waals surface area contributed by atoms with Gasteiger partial charge in [-0.3, -0.25) is 0 Å². The summed E-state index contributed by atoms with van der Waals surface area (Å²) in [6.45, 7) is 9.89. The molecule has 1 aliphatic rings. The van der Waals surface area contributed by atoms with Crippen molar-refractivity contribution in [3.8, 4) is 5.75 Å². The molecule has 0 saturated heterocycles. The number of nitrogens with one attached hydrogen (secondary N) is 1. The van der Waals surface area contributed by atoms with Crippen LogP contribution in [0.2, 0.25) is 0 Å². The molecule has 1 saturated carbocycles. The lowest BCUT2D eigenvalue weighted by molar-refractivity contribution is 0.331. The Balaban J connectivity index is 2.28. The van der Waals surface area contributed by atoms with Crippen LogP contribution in [0.25, 0.3) is 0 Å². The lowest BCUT2D eigenvalue weighted by atomic mass is 9.78. The molecule has 112 valence electrons.